The van der Waals surface area contributed by atoms with Crippen LogP contribution in [0.2, 0.25) is 0 Å². The lowest BCUT2D eigenvalue weighted by atomic mass is 9.95. The molecule has 3 nitrogen and oxygen atoms in total. The zero-order chi connectivity index (χ0) is 36.5. The molecule has 3 heteroatoms. The highest BCUT2D eigenvalue weighted by atomic mass is 15.1. The van der Waals surface area contributed by atoms with Gasteiger partial charge in [-0.2, -0.15) is 0 Å². The van der Waals surface area contributed by atoms with E-state index in [2.05, 4.69) is 215 Å². The Hall–Kier alpha value is -7.36. The Morgan fingerprint density at radius 2 is 1.18 bits per heavy atom. The highest BCUT2D eigenvalue weighted by Gasteiger charge is 2.20. The van der Waals surface area contributed by atoms with Crippen LogP contribution in [0.25, 0.3) is 82.3 Å². The van der Waals surface area contributed by atoms with Gasteiger partial charge in [0.1, 0.15) is 0 Å². The zero-order valence-electron chi connectivity index (χ0n) is 30.1. The van der Waals surface area contributed by atoms with Crippen LogP contribution in [0, 0.1) is 0 Å². The monoisotopic (exact) mass is 701 g/mol. The minimum Gasteiger partial charge on any atom is -0.354 e. The molecule has 10 aromatic rings. The zero-order valence-corrected chi connectivity index (χ0v) is 30.1. The van der Waals surface area contributed by atoms with E-state index in [4.69, 9.17) is 0 Å². The van der Waals surface area contributed by atoms with Gasteiger partial charge in [0.2, 0.25) is 0 Å². The maximum absolute atomic E-state index is 4.63. The molecule has 0 bridgehead atoms. The molecule has 258 valence electrons. The van der Waals surface area contributed by atoms with Crippen molar-refractivity contribution in [3.8, 4) is 16.8 Å². The van der Waals surface area contributed by atoms with Crippen molar-refractivity contribution in [3.05, 3.63) is 212 Å². The van der Waals surface area contributed by atoms with Crippen molar-refractivity contribution >= 4 is 76.9 Å². The van der Waals surface area contributed by atoms with E-state index < -0.39 is 0 Å². The molecule has 0 unspecified atom stereocenters. The van der Waals surface area contributed by atoms with Crippen LogP contribution in [-0.2, 0) is 0 Å². The first-order valence-corrected chi connectivity index (χ1v) is 18.8. The number of rotatable bonds is 4. The Balaban J connectivity index is 1.13. The lowest BCUT2D eigenvalue weighted by Crippen LogP contribution is -2.12. The summed E-state index contributed by atoms with van der Waals surface area (Å²) in [6.45, 7) is 4.63. The Labute approximate surface area is 319 Å². The average Bonchev–Trinajstić information content (AvgIpc) is 3.76. The number of aromatic amines is 1. The van der Waals surface area contributed by atoms with Crippen LogP contribution in [-0.4, -0.2) is 9.55 Å². The highest BCUT2D eigenvalue weighted by Crippen LogP contribution is 2.42. The molecule has 1 aliphatic heterocycles. The van der Waals surface area contributed by atoms with E-state index in [0.717, 1.165) is 55.9 Å². The summed E-state index contributed by atoms with van der Waals surface area (Å²) >= 11 is 0. The largest absolute Gasteiger partial charge is 0.354 e. The fourth-order valence-electron chi connectivity index (χ4n) is 8.59. The molecule has 0 amide bonds. The van der Waals surface area contributed by atoms with E-state index in [1.165, 1.54) is 49.0 Å². The second-order valence-electron chi connectivity index (χ2n) is 14.4. The number of aromatic nitrogens is 2. The predicted molar refractivity (Wildman–Crippen MR) is 234 cm³/mol. The number of fused-ring (bicyclic) bond motifs is 8. The topological polar surface area (TPSA) is 24.0 Å². The molecule has 0 spiro atoms. The van der Waals surface area contributed by atoms with Gasteiger partial charge in [-0.1, -0.05) is 128 Å². The summed E-state index contributed by atoms with van der Waals surface area (Å²) in [6, 6.07) is 63.4. The van der Waals surface area contributed by atoms with E-state index in [0.29, 0.717) is 0 Å². The van der Waals surface area contributed by atoms with Crippen LogP contribution in [0.3, 0.4) is 0 Å². The van der Waals surface area contributed by atoms with Crippen molar-refractivity contribution in [2.75, 3.05) is 4.90 Å². The maximum Gasteiger partial charge on any atom is 0.0562 e. The lowest BCUT2D eigenvalue weighted by Gasteiger charge is -2.27. The van der Waals surface area contributed by atoms with Gasteiger partial charge in [0.25, 0.3) is 0 Å². The first kappa shape index (κ1) is 31.2. The summed E-state index contributed by atoms with van der Waals surface area (Å²) in [4.78, 5) is 6.02. The molecule has 1 N–H and O–H groups in total. The molecule has 3 heterocycles. The number of benzene rings is 8. The third-order valence-corrected chi connectivity index (χ3v) is 11.2. The van der Waals surface area contributed by atoms with Crippen LogP contribution in [0.15, 0.2) is 201 Å². The standard InChI is InChI=1S/C52H35N3/c1-34-29-39(27-28-54(49-23-10-8-19-41(34)49)50-24-12-16-36-15-5-6-20-42(36)50)38-25-26-51-45(31-38)46-32-44-43-21-7-9-22-47(43)53-48(44)33-52(46)55(51)40-18-11-17-37(30-40)35-13-3-2-4-14-35/h2-33,53H,1H2/b28-27-,39-29+. The van der Waals surface area contributed by atoms with Gasteiger partial charge in [0.05, 0.1) is 22.4 Å². The molecule has 55 heavy (non-hydrogen) atoms. The number of hydrogen-bond donors (Lipinski definition) is 1. The summed E-state index contributed by atoms with van der Waals surface area (Å²) in [6.07, 6.45) is 6.69. The molecular formula is C52H35N3. The van der Waals surface area contributed by atoms with Crippen LogP contribution >= 0.6 is 0 Å². The maximum atomic E-state index is 4.63. The molecule has 1 aliphatic rings. The molecule has 11 rings (SSSR count). The smallest absolute Gasteiger partial charge is 0.0562 e. The van der Waals surface area contributed by atoms with Crippen LogP contribution in [0.1, 0.15) is 11.1 Å². The van der Waals surface area contributed by atoms with E-state index in [1.54, 1.807) is 0 Å². The third kappa shape index (κ3) is 5.05. The summed E-state index contributed by atoms with van der Waals surface area (Å²) in [5.74, 6) is 0. The second-order valence-corrected chi connectivity index (χ2v) is 14.4. The number of H-pyrrole nitrogens is 1. The third-order valence-electron chi connectivity index (χ3n) is 11.2. The first-order valence-electron chi connectivity index (χ1n) is 18.8. The number of allylic oxidation sites excluding steroid dienone is 4. The molecule has 0 saturated heterocycles. The molecule has 0 radical (unpaired) electrons. The summed E-state index contributed by atoms with van der Waals surface area (Å²) in [5.41, 5.74) is 14.7. The Morgan fingerprint density at radius 1 is 0.455 bits per heavy atom. The van der Waals surface area contributed by atoms with Crippen molar-refractivity contribution in [1.82, 2.24) is 9.55 Å². The SMILES string of the molecule is C=C1/C=C(c2ccc3c(c2)c2cc4c(cc2n3-c2cccc(-c3ccccc3)c2)[nH]c2ccccc24)\C=C/N(c2cccc3ccccc23)c2ccccc21. The van der Waals surface area contributed by atoms with Crippen molar-refractivity contribution in [3.63, 3.8) is 0 Å². The molecule has 8 aromatic carbocycles. The molecule has 0 fully saturated rings. The van der Waals surface area contributed by atoms with E-state index >= 15 is 0 Å². The van der Waals surface area contributed by atoms with Crippen molar-refractivity contribution in [2.24, 2.45) is 0 Å². The second kappa shape index (κ2) is 12.4. The minimum atomic E-state index is 0.973. The van der Waals surface area contributed by atoms with Gasteiger partial charge < -0.3 is 14.5 Å². The number of para-hydroxylation sites is 2. The van der Waals surface area contributed by atoms with Gasteiger partial charge in [0, 0.05) is 55.4 Å². The average molecular weight is 702 g/mol. The Morgan fingerprint density at radius 3 is 2.11 bits per heavy atom. The number of nitrogens with one attached hydrogen (secondary N) is 1. The molecule has 0 aliphatic carbocycles. The van der Waals surface area contributed by atoms with Gasteiger partial charge in [-0.15, -0.1) is 0 Å². The van der Waals surface area contributed by atoms with Crippen LogP contribution in [0.4, 0.5) is 11.4 Å². The predicted octanol–water partition coefficient (Wildman–Crippen LogP) is 14.0. The van der Waals surface area contributed by atoms with Crippen molar-refractivity contribution in [2.45, 2.75) is 0 Å². The molecule has 0 atom stereocenters. The van der Waals surface area contributed by atoms with Gasteiger partial charge in [0.15, 0.2) is 0 Å². The molecule has 2 aromatic heterocycles. The van der Waals surface area contributed by atoms with Crippen molar-refractivity contribution < 1.29 is 0 Å². The van der Waals surface area contributed by atoms with E-state index in [-0.39, 0.29) is 0 Å². The molecular weight excluding hydrogens is 667 g/mol. The fraction of sp³-hybridized carbons (Fsp3) is 0. The van der Waals surface area contributed by atoms with Crippen LogP contribution in [0.5, 0.6) is 0 Å². The summed E-state index contributed by atoms with van der Waals surface area (Å²) < 4.78 is 2.42. The summed E-state index contributed by atoms with van der Waals surface area (Å²) in [7, 11) is 0. The van der Waals surface area contributed by atoms with Gasteiger partial charge in [-0.05, 0) is 100.0 Å². The molecule has 0 saturated carbocycles. The summed E-state index contributed by atoms with van der Waals surface area (Å²) in [5, 5.41) is 7.30. The lowest BCUT2D eigenvalue weighted by molar-refractivity contribution is 1.18. The van der Waals surface area contributed by atoms with Gasteiger partial charge in [-0.25, -0.2) is 0 Å². The number of nitrogens with zero attached hydrogens (tertiary/aromatic N) is 2. The van der Waals surface area contributed by atoms with Gasteiger partial charge in [-0.3, -0.25) is 0 Å². The fourth-order valence-corrected chi connectivity index (χ4v) is 8.59. The first-order chi connectivity index (χ1) is 27.2. The highest BCUT2D eigenvalue weighted by molar-refractivity contribution is 6.19. The van der Waals surface area contributed by atoms with Crippen LogP contribution < -0.4 is 4.90 Å². The normalized spacial score (nSPS) is 14.7. The number of hydrogen-bond acceptors (Lipinski definition) is 1. The van der Waals surface area contributed by atoms with E-state index in [9.17, 15) is 0 Å². The Bertz CT molecular complexity index is 3220. The van der Waals surface area contributed by atoms with Crippen molar-refractivity contribution in [1.29, 1.82) is 0 Å². The quantitative estimate of drug-likeness (QED) is 0.194. The van der Waals surface area contributed by atoms with E-state index in [1.807, 2.05) is 0 Å². The Kier molecular flexibility index (Phi) is 7.01. The number of anilines is 2. The van der Waals surface area contributed by atoms with Gasteiger partial charge >= 0.3 is 0 Å². The minimum absolute atomic E-state index is 0.973.